The smallest absolute Gasteiger partial charge is 0.220 e. The molecule has 0 bridgehead atoms. The Morgan fingerprint density at radius 1 is 1.16 bits per heavy atom. The van der Waals surface area contributed by atoms with E-state index in [4.69, 9.17) is 0 Å². The van der Waals surface area contributed by atoms with Crippen molar-refractivity contribution in [3.05, 3.63) is 17.6 Å². The highest BCUT2D eigenvalue weighted by Crippen LogP contribution is 2.24. The summed E-state index contributed by atoms with van der Waals surface area (Å²) in [4.78, 5) is 20.0. The number of aromatic nitrogens is 2. The molecular weight excluding hydrogens is 240 g/mol. The number of hydrogen-bond acceptors (Lipinski definition) is 4. The first kappa shape index (κ1) is 12.4. The van der Waals surface area contributed by atoms with E-state index in [1.165, 1.54) is 30.5 Å². The Labute approximate surface area is 113 Å². The number of aryl methyl sites for hydroxylation is 1. The molecule has 1 aromatic rings. The van der Waals surface area contributed by atoms with Crippen LogP contribution in [0.4, 0.5) is 5.82 Å². The molecule has 0 spiro atoms. The number of nitrogens with zero attached hydrogens (tertiary/aromatic N) is 2. The number of anilines is 1. The Morgan fingerprint density at radius 3 is 2.89 bits per heavy atom. The van der Waals surface area contributed by atoms with Crippen molar-refractivity contribution in [1.29, 1.82) is 0 Å². The Bertz CT molecular complexity index is 465. The van der Waals surface area contributed by atoms with Gasteiger partial charge in [0.2, 0.25) is 5.91 Å². The minimum Gasteiger partial charge on any atom is -0.365 e. The van der Waals surface area contributed by atoms with Crippen LogP contribution in [0.15, 0.2) is 6.33 Å². The summed E-state index contributed by atoms with van der Waals surface area (Å²) in [6, 6.07) is 0.292. The molecule has 1 amide bonds. The SMILES string of the molecule is O=C1CCC(Nc2ncnc3c2CCCCC3)CN1. The first-order valence-corrected chi connectivity index (χ1v) is 7.19. The Balaban J connectivity index is 1.75. The topological polar surface area (TPSA) is 66.9 Å². The van der Waals surface area contributed by atoms with Crippen LogP contribution < -0.4 is 10.6 Å². The van der Waals surface area contributed by atoms with Crippen LogP contribution >= 0.6 is 0 Å². The van der Waals surface area contributed by atoms with Gasteiger partial charge in [-0.25, -0.2) is 9.97 Å². The van der Waals surface area contributed by atoms with Crippen LogP contribution in [0.3, 0.4) is 0 Å². The van der Waals surface area contributed by atoms with Gasteiger partial charge in [-0.05, 0) is 32.1 Å². The predicted molar refractivity (Wildman–Crippen MR) is 72.9 cm³/mol. The molecule has 0 saturated carbocycles. The van der Waals surface area contributed by atoms with Crippen LogP contribution in [-0.2, 0) is 17.6 Å². The molecule has 0 radical (unpaired) electrons. The number of carbonyl (C=O) groups is 1. The molecule has 2 N–H and O–H groups in total. The summed E-state index contributed by atoms with van der Waals surface area (Å²) in [6.07, 6.45) is 8.99. The molecule has 1 atom stereocenters. The van der Waals surface area contributed by atoms with Crippen molar-refractivity contribution in [3.8, 4) is 0 Å². The van der Waals surface area contributed by atoms with Gasteiger partial charge in [-0.3, -0.25) is 4.79 Å². The molecular formula is C14H20N4O. The second-order valence-electron chi connectivity index (χ2n) is 5.39. The number of rotatable bonds is 2. The van der Waals surface area contributed by atoms with E-state index in [1.807, 2.05) is 0 Å². The summed E-state index contributed by atoms with van der Waals surface area (Å²) >= 11 is 0. The van der Waals surface area contributed by atoms with Crippen LogP contribution in [0.1, 0.15) is 43.4 Å². The number of piperidine rings is 1. The monoisotopic (exact) mass is 260 g/mol. The normalized spacial score (nSPS) is 23.2. The van der Waals surface area contributed by atoms with Gasteiger partial charge in [-0.15, -0.1) is 0 Å². The highest BCUT2D eigenvalue weighted by atomic mass is 16.1. The maximum Gasteiger partial charge on any atom is 0.220 e. The molecule has 102 valence electrons. The van der Waals surface area contributed by atoms with E-state index in [-0.39, 0.29) is 5.91 Å². The number of nitrogens with one attached hydrogen (secondary N) is 2. The summed E-state index contributed by atoms with van der Waals surface area (Å²) in [5.41, 5.74) is 2.49. The quantitative estimate of drug-likeness (QED) is 0.790. The fourth-order valence-corrected chi connectivity index (χ4v) is 2.87. The predicted octanol–water partition coefficient (Wildman–Crippen LogP) is 1.44. The maximum absolute atomic E-state index is 11.2. The van der Waals surface area contributed by atoms with Crippen molar-refractivity contribution >= 4 is 11.7 Å². The molecule has 1 unspecified atom stereocenters. The second kappa shape index (κ2) is 5.55. The van der Waals surface area contributed by atoms with Gasteiger partial charge in [-0.2, -0.15) is 0 Å². The van der Waals surface area contributed by atoms with Crippen LogP contribution in [0.25, 0.3) is 0 Å². The van der Waals surface area contributed by atoms with Gasteiger partial charge in [0.15, 0.2) is 0 Å². The third kappa shape index (κ3) is 2.85. The van der Waals surface area contributed by atoms with Crippen molar-refractivity contribution in [2.75, 3.05) is 11.9 Å². The van der Waals surface area contributed by atoms with E-state index in [2.05, 4.69) is 20.6 Å². The fourth-order valence-electron chi connectivity index (χ4n) is 2.87. The standard InChI is InChI=1S/C14H20N4O/c19-13-7-6-10(8-15-13)18-14-11-4-2-1-3-5-12(11)16-9-17-14/h9-10H,1-8H2,(H,15,19)(H,16,17,18). The van der Waals surface area contributed by atoms with E-state index in [0.29, 0.717) is 19.0 Å². The van der Waals surface area contributed by atoms with Crippen LogP contribution in [0.2, 0.25) is 0 Å². The average Bonchev–Trinajstić information content (AvgIpc) is 2.67. The molecule has 2 heterocycles. The van der Waals surface area contributed by atoms with Gasteiger partial charge in [0, 0.05) is 30.3 Å². The summed E-state index contributed by atoms with van der Waals surface area (Å²) in [7, 11) is 0. The first-order valence-electron chi connectivity index (χ1n) is 7.19. The third-order valence-electron chi connectivity index (χ3n) is 3.98. The number of amides is 1. The molecule has 1 fully saturated rings. The largest absolute Gasteiger partial charge is 0.365 e. The molecule has 1 aliphatic carbocycles. The molecule has 5 nitrogen and oxygen atoms in total. The van der Waals surface area contributed by atoms with Crippen LogP contribution in [0, 0.1) is 0 Å². The van der Waals surface area contributed by atoms with Gasteiger partial charge >= 0.3 is 0 Å². The highest BCUT2D eigenvalue weighted by Gasteiger charge is 2.20. The van der Waals surface area contributed by atoms with Crippen molar-refractivity contribution in [2.24, 2.45) is 0 Å². The molecule has 3 rings (SSSR count). The Kier molecular flexibility index (Phi) is 3.62. The lowest BCUT2D eigenvalue weighted by Crippen LogP contribution is -2.42. The van der Waals surface area contributed by atoms with Crippen molar-refractivity contribution in [2.45, 2.75) is 51.0 Å². The van der Waals surface area contributed by atoms with E-state index in [1.54, 1.807) is 6.33 Å². The van der Waals surface area contributed by atoms with Crippen LogP contribution in [-0.4, -0.2) is 28.5 Å². The number of carbonyl (C=O) groups excluding carboxylic acids is 1. The molecule has 1 saturated heterocycles. The van der Waals surface area contributed by atoms with Crippen molar-refractivity contribution < 1.29 is 4.79 Å². The molecule has 5 heteroatoms. The lowest BCUT2D eigenvalue weighted by molar-refractivity contribution is -0.122. The van der Waals surface area contributed by atoms with Crippen LogP contribution in [0.5, 0.6) is 0 Å². The van der Waals surface area contributed by atoms with Gasteiger partial charge in [0.05, 0.1) is 0 Å². The van der Waals surface area contributed by atoms with E-state index < -0.39 is 0 Å². The second-order valence-corrected chi connectivity index (χ2v) is 5.39. The first-order chi connectivity index (χ1) is 9.33. The molecule has 1 aromatic heterocycles. The lowest BCUT2D eigenvalue weighted by atomic mass is 10.1. The van der Waals surface area contributed by atoms with E-state index >= 15 is 0 Å². The summed E-state index contributed by atoms with van der Waals surface area (Å²) in [5, 5.41) is 6.39. The average molecular weight is 260 g/mol. The molecule has 2 aliphatic rings. The number of hydrogen-bond donors (Lipinski definition) is 2. The summed E-state index contributed by atoms with van der Waals surface area (Å²) < 4.78 is 0. The third-order valence-corrected chi connectivity index (χ3v) is 3.98. The van der Waals surface area contributed by atoms with Gasteiger partial charge in [-0.1, -0.05) is 6.42 Å². The molecule has 0 aromatic carbocycles. The van der Waals surface area contributed by atoms with E-state index in [0.717, 1.165) is 25.1 Å². The minimum absolute atomic E-state index is 0.152. The Hall–Kier alpha value is -1.65. The highest BCUT2D eigenvalue weighted by molar-refractivity contribution is 5.77. The maximum atomic E-state index is 11.2. The van der Waals surface area contributed by atoms with Crippen molar-refractivity contribution in [3.63, 3.8) is 0 Å². The molecule has 1 aliphatic heterocycles. The van der Waals surface area contributed by atoms with Gasteiger partial charge in [0.25, 0.3) is 0 Å². The zero-order valence-electron chi connectivity index (χ0n) is 11.1. The minimum atomic E-state index is 0.152. The number of fused-ring (bicyclic) bond motifs is 1. The van der Waals surface area contributed by atoms with Gasteiger partial charge in [0.1, 0.15) is 12.1 Å². The van der Waals surface area contributed by atoms with Gasteiger partial charge < -0.3 is 10.6 Å². The summed E-state index contributed by atoms with van der Waals surface area (Å²) in [6.45, 7) is 0.692. The fraction of sp³-hybridized carbons (Fsp3) is 0.643. The molecule has 19 heavy (non-hydrogen) atoms. The lowest BCUT2D eigenvalue weighted by Gasteiger charge is -2.25. The summed E-state index contributed by atoms with van der Waals surface area (Å²) in [5.74, 6) is 1.13. The van der Waals surface area contributed by atoms with Crippen molar-refractivity contribution in [1.82, 2.24) is 15.3 Å². The Morgan fingerprint density at radius 2 is 2.05 bits per heavy atom. The zero-order chi connectivity index (χ0) is 13.1. The zero-order valence-corrected chi connectivity index (χ0v) is 11.1. The van der Waals surface area contributed by atoms with E-state index in [9.17, 15) is 4.79 Å².